The molecule has 1 aromatic rings. The summed E-state index contributed by atoms with van der Waals surface area (Å²) in [7, 11) is 1.61. The highest BCUT2D eigenvalue weighted by molar-refractivity contribution is 8.06. The number of ether oxygens (including phenoxy) is 1. The number of hydrazine groups is 2. The lowest BCUT2D eigenvalue weighted by Crippen LogP contribution is -2.54. The van der Waals surface area contributed by atoms with Crippen LogP contribution < -0.4 is 5.43 Å². The average molecular weight is 369 g/mol. The number of aromatic nitrogens is 2. The fraction of sp³-hybridized carbons (Fsp3) is 0.538. The third kappa shape index (κ3) is 3.55. The molecule has 1 amide bonds. The third-order valence-electron chi connectivity index (χ3n) is 3.90. The second-order valence-electron chi connectivity index (χ2n) is 5.40. The molecule has 0 bridgehead atoms. The van der Waals surface area contributed by atoms with Gasteiger partial charge >= 0.3 is 11.9 Å². The fourth-order valence-corrected chi connectivity index (χ4v) is 3.53. The first-order valence-electron chi connectivity index (χ1n) is 7.78. The van der Waals surface area contributed by atoms with Crippen molar-refractivity contribution < 1.29 is 14.5 Å². The van der Waals surface area contributed by atoms with E-state index >= 15 is 0 Å². The van der Waals surface area contributed by atoms with Crippen molar-refractivity contribution in [1.82, 2.24) is 29.4 Å². The number of nitrogens with zero attached hydrogens (tertiary/aromatic N) is 6. The maximum absolute atomic E-state index is 11.7. The van der Waals surface area contributed by atoms with E-state index in [-0.39, 0.29) is 11.9 Å². The van der Waals surface area contributed by atoms with Gasteiger partial charge in [-0.15, -0.1) is 0 Å². The highest BCUT2D eigenvalue weighted by Crippen LogP contribution is 2.34. The minimum atomic E-state index is -0.462. The Bertz CT molecular complexity index is 699. The van der Waals surface area contributed by atoms with Gasteiger partial charge in [-0.1, -0.05) is 4.52 Å². The number of hydrogen-bond donors (Lipinski definition) is 1. The molecule has 3 rings (SSSR count). The van der Waals surface area contributed by atoms with Crippen LogP contribution in [0.1, 0.15) is 12.7 Å². The summed E-state index contributed by atoms with van der Waals surface area (Å²) in [6, 6.07) is 0. The minimum absolute atomic E-state index is 0.0574. The summed E-state index contributed by atoms with van der Waals surface area (Å²) >= 11 is 1.40. The van der Waals surface area contributed by atoms with Crippen molar-refractivity contribution in [2.24, 2.45) is 7.05 Å². The zero-order valence-corrected chi connectivity index (χ0v) is 14.7. The predicted molar refractivity (Wildman–Crippen MR) is 90.6 cm³/mol. The maximum atomic E-state index is 11.7. The van der Waals surface area contributed by atoms with Gasteiger partial charge in [0.1, 0.15) is 11.1 Å². The summed E-state index contributed by atoms with van der Waals surface area (Å²) in [5.74, 6) is 0.467. The van der Waals surface area contributed by atoms with Gasteiger partial charge in [0, 0.05) is 44.3 Å². The normalized spacial score (nSPS) is 18.8. The molecule has 0 aliphatic carbocycles. The van der Waals surface area contributed by atoms with Crippen LogP contribution in [0.25, 0.3) is 4.91 Å². The lowest BCUT2D eigenvalue weighted by atomic mass is 10.4. The number of hydrogen-bond acceptors (Lipinski definition) is 9. The van der Waals surface area contributed by atoms with Crippen LogP contribution in [0.3, 0.4) is 0 Å². The summed E-state index contributed by atoms with van der Waals surface area (Å²) in [6.45, 7) is 4.60. The Labute approximate surface area is 148 Å². The van der Waals surface area contributed by atoms with Gasteiger partial charge in [0.05, 0.1) is 13.7 Å². The Kier molecular flexibility index (Phi) is 5.11. The zero-order chi connectivity index (χ0) is 18.0. The predicted octanol–water partition coefficient (Wildman–Crippen LogP) is 0.784. The molecule has 1 fully saturated rings. The Morgan fingerprint density at radius 2 is 2.16 bits per heavy atom. The number of nitro groups is 1. The smallest absolute Gasteiger partial charge is 0.409 e. The summed E-state index contributed by atoms with van der Waals surface area (Å²) in [6.07, 6.45) is 2.72. The van der Waals surface area contributed by atoms with E-state index in [9.17, 15) is 14.9 Å². The van der Waals surface area contributed by atoms with Gasteiger partial charge in [-0.05, 0) is 11.8 Å². The average Bonchev–Trinajstić information content (AvgIpc) is 3.21. The second kappa shape index (κ2) is 7.29. The first-order chi connectivity index (χ1) is 12.0. The standard InChI is InChI=1S/C13H19N7O4S/c1-3-24-13(21)17-4-6-18(7-5-17)20-15-8-10(25-20)12-14-9-11(16(12)2)19(22)23/h8-9,15H,3-7H2,1-2H3. The number of rotatable bonds is 4. The molecule has 3 heterocycles. The molecule has 2 aliphatic heterocycles. The number of carbonyl (C=O) groups is 1. The van der Waals surface area contributed by atoms with Crippen LogP contribution in [0.15, 0.2) is 12.4 Å². The van der Waals surface area contributed by atoms with E-state index in [1.165, 1.54) is 22.7 Å². The molecular formula is C13H19N7O4S. The van der Waals surface area contributed by atoms with Gasteiger partial charge in [0.2, 0.25) is 5.82 Å². The van der Waals surface area contributed by atoms with Crippen molar-refractivity contribution in [3.8, 4) is 0 Å². The van der Waals surface area contributed by atoms with Crippen LogP contribution >= 0.6 is 11.9 Å². The quantitative estimate of drug-likeness (QED) is 0.468. The number of piperazine rings is 1. The van der Waals surface area contributed by atoms with Crippen molar-refractivity contribution in [1.29, 1.82) is 0 Å². The first kappa shape index (κ1) is 17.5. The van der Waals surface area contributed by atoms with E-state index in [4.69, 9.17) is 4.74 Å². The lowest BCUT2D eigenvalue weighted by molar-refractivity contribution is -0.391. The zero-order valence-electron chi connectivity index (χ0n) is 13.9. The molecular weight excluding hydrogens is 350 g/mol. The largest absolute Gasteiger partial charge is 0.450 e. The number of amides is 1. The van der Waals surface area contributed by atoms with Gasteiger partial charge in [-0.3, -0.25) is 0 Å². The summed E-state index contributed by atoms with van der Waals surface area (Å²) in [5.41, 5.74) is 3.11. The monoisotopic (exact) mass is 369 g/mol. The van der Waals surface area contributed by atoms with Crippen LogP contribution in [0.2, 0.25) is 0 Å². The molecule has 12 heteroatoms. The van der Waals surface area contributed by atoms with Crippen molar-refractivity contribution in [3.63, 3.8) is 0 Å². The molecule has 11 nitrogen and oxygen atoms in total. The van der Waals surface area contributed by atoms with Gasteiger partial charge in [0.15, 0.2) is 0 Å². The van der Waals surface area contributed by atoms with Gasteiger partial charge in [-0.25, -0.2) is 19.4 Å². The lowest BCUT2D eigenvalue weighted by Gasteiger charge is -2.37. The maximum Gasteiger partial charge on any atom is 0.409 e. The van der Waals surface area contributed by atoms with E-state index in [0.29, 0.717) is 38.6 Å². The Hall–Kier alpha value is -2.31. The number of imidazole rings is 1. The molecule has 2 aliphatic rings. The van der Waals surface area contributed by atoms with Gasteiger partial charge < -0.3 is 25.2 Å². The van der Waals surface area contributed by atoms with E-state index < -0.39 is 4.92 Å². The van der Waals surface area contributed by atoms with Crippen molar-refractivity contribution in [2.45, 2.75) is 6.92 Å². The number of nitrogens with one attached hydrogen (secondary N) is 1. The molecule has 0 unspecified atom stereocenters. The summed E-state index contributed by atoms with van der Waals surface area (Å²) in [5, 5.41) is 13.0. The topological polar surface area (TPSA) is 109 Å². The summed E-state index contributed by atoms with van der Waals surface area (Å²) in [4.78, 5) is 28.8. The molecule has 0 radical (unpaired) electrons. The van der Waals surface area contributed by atoms with Crippen molar-refractivity contribution in [2.75, 3.05) is 32.8 Å². The van der Waals surface area contributed by atoms with Crippen molar-refractivity contribution >= 4 is 28.8 Å². The van der Waals surface area contributed by atoms with Crippen LogP contribution in [0, 0.1) is 10.1 Å². The Morgan fingerprint density at radius 3 is 2.76 bits per heavy atom. The Balaban J connectivity index is 1.57. The number of carbonyl (C=O) groups excluding carboxylic acids is 1. The van der Waals surface area contributed by atoms with Crippen LogP contribution in [-0.4, -0.2) is 67.8 Å². The Morgan fingerprint density at radius 1 is 1.44 bits per heavy atom. The molecule has 0 spiro atoms. The molecule has 0 saturated carbocycles. The molecule has 25 heavy (non-hydrogen) atoms. The second-order valence-corrected chi connectivity index (χ2v) is 6.37. The first-order valence-corrected chi connectivity index (χ1v) is 8.56. The molecule has 1 saturated heterocycles. The van der Waals surface area contributed by atoms with Crippen molar-refractivity contribution in [3.05, 3.63) is 28.3 Å². The molecule has 136 valence electrons. The highest BCUT2D eigenvalue weighted by Gasteiger charge is 2.31. The highest BCUT2D eigenvalue weighted by atomic mass is 32.2. The fourth-order valence-electron chi connectivity index (χ4n) is 2.58. The van der Waals surface area contributed by atoms with E-state index in [0.717, 1.165) is 4.91 Å². The molecule has 0 aromatic carbocycles. The minimum Gasteiger partial charge on any atom is -0.450 e. The molecule has 1 N–H and O–H groups in total. The van der Waals surface area contributed by atoms with E-state index in [1.54, 1.807) is 25.1 Å². The molecule has 1 aromatic heterocycles. The van der Waals surface area contributed by atoms with Gasteiger partial charge in [-0.2, -0.15) is 0 Å². The van der Waals surface area contributed by atoms with Gasteiger partial charge in [0.25, 0.3) is 0 Å². The van der Waals surface area contributed by atoms with E-state index in [1.807, 2.05) is 4.52 Å². The van der Waals surface area contributed by atoms with Crippen LogP contribution in [0.5, 0.6) is 0 Å². The SMILES string of the molecule is CCOC(=O)N1CCN(N2NC=C(c3ncc([N+](=O)[O-])n3C)S2)CC1. The van der Waals surface area contributed by atoms with Crippen LogP contribution in [0.4, 0.5) is 10.6 Å². The third-order valence-corrected chi connectivity index (χ3v) is 4.91. The van der Waals surface area contributed by atoms with E-state index in [2.05, 4.69) is 15.4 Å². The molecule has 0 atom stereocenters. The summed E-state index contributed by atoms with van der Waals surface area (Å²) < 4.78 is 8.30. The van der Waals surface area contributed by atoms with Crippen LogP contribution in [-0.2, 0) is 11.8 Å².